The molecule has 4 unspecified atom stereocenters. The summed E-state index contributed by atoms with van der Waals surface area (Å²) in [6, 6.07) is 5.27. The van der Waals surface area contributed by atoms with Gasteiger partial charge in [0.05, 0.1) is 16.4 Å². The zero-order valence-electron chi connectivity index (χ0n) is 12.8. The van der Waals surface area contributed by atoms with Crippen molar-refractivity contribution in [1.82, 2.24) is 9.55 Å². The van der Waals surface area contributed by atoms with Crippen molar-refractivity contribution in [2.75, 3.05) is 0 Å². The molecule has 0 saturated heterocycles. The van der Waals surface area contributed by atoms with Gasteiger partial charge in [-0.3, -0.25) is 0 Å². The largest absolute Gasteiger partial charge is 0.324 e. The molecule has 0 radical (unpaired) electrons. The highest BCUT2D eigenvalue weighted by atomic mass is 35.5. The number of benzene rings is 1. The van der Waals surface area contributed by atoms with Crippen LogP contribution >= 0.6 is 11.6 Å². The van der Waals surface area contributed by atoms with Gasteiger partial charge in [-0.1, -0.05) is 13.8 Å². The average molecular weight is 309 g/mol. The zero-order chi connectivity index (χ0) is 15.1. The number of fused-ring (bicyclic) bond motifs is 1. The van der Waals surface area contributed by atoms with Crippen molar-refractivity contribution in [3.05, 3.63) is 29.8 Å². The number of halogens is 2. The summed E-state index contributed by atoms with van der Waals surface area (Å²) in [6.07, 6.45) is 3.51. The molecule has 1 saturated carbocycles. The Morgan fingerprint density at radius 1 is 1.29 bits per heavy atom. The predicted molar refractivity (Wildman–Crippen MR) is 85.2 cm³/mol. The number of aromatic nitrogens is 2. The van der Waals surface area contributed by atoms with Crippen molar-refractivity contribution < 1.29 is 4.39 Å². The van der Waals surface area contributed by atoms with Gasteiger partial charge in [0.15, 0.2) is 0 Å². The lowest BCUT2D eigenvalue weighted by Crippen LogP contribution is -2.24. The van der Waals surface area contributed by atoms with E-state index in [0.717, 1.165) is 30.1 Å². The minimum atomic E-state index is -0.244. The Labute approximate surface area is 130 Å². The Bertz CT molecular complexity index is 650. The molecule has 114 valence electrons. The highest BCUT2D eigenvalue weighted by Crippen LogP contribution is 2.40. The Morgan fingerprint density at radius 3 is 2.71 bits per heavy atom. The molecule has 21 heavy (non-hydrogen) atoms. The topological polar surface area (TPSA) is 17.8 Å². The zero-order valence-corrected chi connectivity index (χ0v) is 13.6. The highest BCUT2D eigenvalue weighted by molar-refractivity contribution is 6.20. The van der Waals surface area contributed by atoms with E-state index >= 15 is 0 Å². The van der Waals surface area contributed by atoms with E-state index in [9.17, 15) is 4.39 Å². The fourth-order valence-corrected chi connectivity index (χ4v) is 3.66. The monoisotopic (exact) mass is 308 g/mol. The normalized spacial score (nSPS) is 28.0. The van der Waals surface area contributed by atoms with Crippen LogP contribution in [-0.4, -0.2) is 9.55 Å². The van der Waals surface area contributed by atoms with Gasteiger partial charge in [0.1, 0.15) is 11.6 Å². The Hall–Kier alpha value is -1.09. The molecule has 1 fully saturated rings. The van der Waals surface area contributed by atoms with E-state index in [4.69, 9.17) is 11.6 Å². The molecule has 0 aliphatic heterocycles. The van der Waals surface area contributed by atoms with Crippen LogP contribution in [0.25, 0.3) is 11.0 Å². The molecular formula is C17H22ClFN2. The lowest BCUT2D eigenvalue weighted by molar-refractivity contribution is 0.211. The minimum absolute atomic E-state index is 0.171. The van der Waals surface area contributed by atoms with Crippen LogP contribution in [-0.2, 0) is 0 Å². The van der Waals surface area contributed by atoms with E-state index in [1.807, 2.05) is 13.0 Å². The first-order valence-corrected chi connectivity index (χ1v) is 8.22. The Morgan fingerprint density at radius 2 is 2.05 bits per heavy atom. The molecule has 3 rings (SSSR count). The SMILES string of the molecule is CC(Cl)c1nc2cc(F)ccc2n1C1CCC(C)C(C)C1. The second kappa shape index (κ2) is 5.60. The van der Waals surface area contributed by atoms with Gasteiger partial charge in [-0.2, -0.15) is 0 Å². The maximum absolute atomic E-state index is 13.5. The van der Waals surface area contributed by atoms with Crippen molar-refractivity contribution in [3.8, 4) is 0 Å². The van der Waals surface area contributed by atoms with Crippen LogP contribution in [0.5, 0.6) is 0 Å². The lowest BCUT2D eigenvalue weighted by atomic mass is 9.79. The number of hydrogen-bond donors (Lipinski definition) is 0. The van der Waals surface area contributed by atoms with Crippen LogP contribution in [0.15, 0.2) is 18.2 Å². The van der Waals surface area contributed by atoms with Crippen molar-refractivity contribution in [1.29, 1.82) is 0 Å². The first-order chi connectivity index (χ1) is 9.97. The van der Waals surface area contributed by atoms with Crippen molar-refractivity contribution in [2.24, 2.45) is 11.8 Å². The third-order valence-electron chi connectivity index (χ3n) is 4.97. The highest BCUT2D eigenvalue weighted by Gasteiger charge is 2.29. The molecule has 0 bridgehead atoms. The quantitative estimate of drug-likeness (QED) is 0.672. The second-order valence-corrected chi connectivity index (χ2v) is 7.17. The van der Waals surface area contributed by atoms with Gasteiger partial charge in [0.25, 0.3) is 0 Å². The van der Waals surface area contributed by atoms with Gasteiger partial charge >= 0.3 is 0 Å². The Kier molecular flexibility index (Phi) is 3.96. The molecule has 1 aliphatic carbocycles. The minimum Gasteiger partial charge on any atom is -0.324 e. The van der Waals surface area contributed by atoms with Gasteiger partial charge in [0.2, 0.25) is 0 Å². The summed E-state index contributed by atoms with van der Waals surface area (Å²) in [6.45, 7) is 6.58. The van der Waals surface area contributed by atoms with Crippen LogP contribution in [0.2, 0.25) is 0 Å². The average Bonchev–Trinajstić information content (AvgIpc) is 2.80. The number of nitrogens with zero attached hydrogens (tertiary/aromatic N) is 2. The molecule has 4 heteroatoms. The maximum Gasteiger partial charge on any atom is 0.127 e. The van der Waals surface area contributed by atoms with Crippen molar-refractivity contribution >= 4 is 22.6 Å². The molecule has 0 amide bonds. The van der Waals surface area contributed by atoms with E-state index in [2.05, 4.69) is 23.4 Å². The van der Waals surface area contributed by atoms with Crippen LogP contribution < -0.4 is 0 Å². The lowest BCUT2D eigenvalue weighted by Gasteiger charge is -2.34. The molecule has 0 N–H and O–H groups in total. The van der Waals surface area contributed by atoms with Gasteiger partial charge in [0, 0.05) is 12.1 Å². The smallest absolute Gasteiger partial charge is 0.127 e. The molecule has 0 spiro atoms. The molecule has 4 atom stereocenters. The number of imidazole rings is 1. The fraction of sp³-hybridized carbons (Fsp3) is 0.588. The predicted octanol–water partition coefficient (Wildman–Crippen LogP) is 5.47. The summed E-state index contributed by atoms with van der Waals surface area (Å²) in [7, 11) is 0. The van der Waals surface area contributed by atoms with Gasteiger partial charge in [-0.15, -0.1) is 11.6 Å². The summed E-state index contributed by atoms with van der Waals surface area (Å²) in [5.74, 6) is 2.08. The van der Waals surface area contributed by atoms with Gasteiger partial charge in [-0.05, 0) is 50.2 Å². The van der Waals surface area contributed by atoms with Crippen LogP contribution in [0.1, 0.15) is 57.3 Å². The molecule has 1 aromatic heterocycles. The third kappa shape index (κ3) is 2.68. The van der Waals surface area contributed by atoms with E-state index in [0.29, 0.717) is 17.5 Å². The maximum atomic E-state index is 13.5. The fourth-order valence-electron chi connectivity index (χ4n) is 3.51. The molecule has 2 aromatic rings. The second-order valence-electron chi connectivity index (χ2n) is 6.51. The van der Waals surface area contributed by atoms with Crippen LogP contribution in [0, 0.1) is 17.7 Å². The van der Waals surface area contributed by atoms with Crippen molar-refractivity contribution in [2.45, 2.75) is 51.5 Å². The molecule has 1 aliphatic rings. The molecular weight excluding hydrogens is 287 g/mol. The summed E-state index contributed by atoms with van der Waals surface area (Å²) < 4.78 is 15.7. The number of hydrogen-bond acceptors (Lipinski definition) is 1. The first-order valence-electron chi connectivity index (χ1n) is 7.78. The van der Waals surface area contributed by atoms with Crippen LogP contribution in [0.3, 0.4) is 0 Å². The number of alkyl halides is 1. The van der Waals surface area contributed by atoms with E-state index in [1.54, 1.807) is 0 Å². The van der Waals surface area contributed by atoms with Gasteiger partial charge in [-0.25, -0.2) is 9.37 Å². The van der Waals surface area contributed by atoms with E-state index < -0.39 is 0 Å². The first kappa shape index (κ1) is 14.8. The van der Waals surface area contributed by atoms with E-state index in [-0.39, 0.29) is 11.2 Å². The summed E-state index contributed by atoms with van der Waals surface area (Å²) in [4.78, 5) is 4.58. The van der Waals surface area contributed by atoms with Crippen LogP contribution in [0.4, 0.5) is 4.39 Å². The summed E-state index contributed by atoms with van der Waals surface area (Å²) in [5, 5.41) is -0.171. The summed E-state index contributed by atoms with van der Waals surface area (Å²) in [5.41, 5.74) is 1.72. The Balaban J connectivity index is 2.09. The summed E-state index contributed by atoms with van der Waals surface area (Å²) >= 11 is 6.33. The molecule has 2 nitrogen and oxygen atoms in total. The van der Waals surface area contributed by atoms with Gasteiger partial charge < -0.3 is 4.57 Å². The molecule has 1 heterocycles. The van der Waals surface area contributed by atoms with E-state index in [1.165, 1.54) is 18.6 Å². The van der Waals surface area contributed by atoms with Crippen molar-refractivity contribution in [3.63, 3.8) is 0 Å². The third-order valence-corrected chi connectivity index (χ3v) is 5.17. The number of rotatable bonds is 2. The standard InChI is InChI=1S/C17H22ClFN2/c1-10-4-6-14(8-11(10)2)21-16-7-5-13(19)9-15(16)20-17(21)12(3)18/h5,7,9-12,14H,4,6,8H2,1-3H3. The molecule has 1 aromatic carbocycles.